The van der Waals surface area contributed by atoms with Gasteiger partial charge in [-0.05, 0) is 26.0 Å². The minimum absolute atomic E-state index is 0.345. The first-order valence-corrected chi connectivity index (χ1v) is 7.46. The molecule has 0 bridgehead atoms. The first-order valence-electron chi connectivity index (χ1n) is 6.64. The number of benzene rings is 1. The third-order valence-electron chi connectivity index (χ3n) is 3.26. The van der Waals surface area contributed by atoms with E-state index in [2.05, 4.69) is 25.2 Å². The fourth-order valence-corrected chi connectivity index (χ4v) is 3.36. The summed E-state index contributed by atoms with van der Waals surface area (Å²) in [4.78, 5) is 5.89. The van der Waals surface area contributed by atoms with Crippen LogP contribution in [0.1, 0.15) is 18.7 Å². The van der Waals surface area contributed by atoms with E-state index in [-0.39, 0.29) is 5.60 Å². The molecule has 1 aromatic carbocycles. The van der Waals surface area contributed by atoms with E-state index >= 15 is 0 Å². The standard InChI is InChI=1S/C15H18N2O2S/c1-15(2)13-12(10-6-4-5-7-11(10)19-15)17-14(20-13)16-8-9-18-3/h4-7H,8-9H2,1-3H3,(H,16,17). The predicted octanol–water partition coefficient (Wildman–Crippen LogP) is 3.50. The highest BCUT2D eigenvalue weighted by Crippen LogP contribution is 2.48. The van der Waals surface area contributed by atoms with Gasteiger partial charge < -0.3 is 14.8 Å². The van der Waals surface area contributed by atoms with Crippen molar-refractivity contribution in [1.82, 2.24) is 4.98 Å². The number of hydrogen-bond acceptors (Lipinski definition) is 5. The zero-order valence-corrected chi connectivity index (χ0v) is 12.7. The second-order valence-electron chi connectivity index (χ2n) is 5.22. The molecular formula is C15H18N2O2S. The summed E-state index contributed by atoms with van der Waals surface area (Å²) in [5.74, 6) is 0.902. The smallest absolute Gasteiger partial charge is 0.183 e. The van der Waals surface area contributed by atoms with Gasteiger partial charge in [-0.1, -0.05) is 23.5 Å². The van der Waals surface area contributed by atoms with Crippen molar-refractivity contribution in [2.45, 2.75) is 19.4 Å². The molecule has 0 unspecified atom stereocenters. The highest BCUT2D eigenvalue weighted by atomic mass is 32.1. The fourth-order valence-electron chi connectivity index (χ4n) is 2.32. The first-order chi connectivity index (χ1) is 9.62. The molecule has 0 fully saturated rings. The minimum Gasteiger partial charge on any atom is -0.482 e. The van der Waals surface area contributed by atoms with Gasteiger partial charge in [0.25, 0.3) is 0 Å². The Balaban J connectivity index is 1.99. The Morgan fingerprint density at radius 1 is 1.35 bits per heavy atom. The number of methoxy groups -OCH3 is 1. The SMILES string of the molecule is COCCNc1nc2c(s1)C(C)(C)Oc1ccccc1-2. The van der Waals surface area contributed by atoms with Gasteiger partial charge in [-0.15, -0.1) is 0 Å². The van der Waals surface area contributed by atoms with Gasteiger partial charge in [0.15, 0.2) is 5.13 Å². The molecule has 1 aromatic heterocycles. The van der Waals surface area contributed by atoms with Gasteiger partial charge in [-0.2, -0.15) is 0 Å². The van der Waals surface area contributed by atoms with Crippen LogP contribution in [0.15, 0.2) is 24.3 Å². The van der Waals surface area contributed by atoms with Crippen molar-refractivity contribution in [2.24, 2.45) is 0 Å². The Bertz CT molecular complexity index is 622. The van der Waals surface area contributed by atoms with Gasteiger partial charge in [0, 0.05) is 19.2 Å². The molecule has 5 heteroatoms. The lowest BCUT2D eigenvalue weighted by Gasteiger charge is -2.31. The number of ether oxygens (including phenoxy) is 2. The van der Waals surface area contributed by atoms with E-state index < -0.39 is 0 Å². The number of nitrogens with zero attached hydrogens (tertiary/aromatic N) is 1. The molecule has 1 aliphatic rings. The number of nitrogens with one attached hydrogen (secondary N) is 1. The second-order valence-corrected chi connectivity index (χ2v) is 6.22. The van der Waals surface area contributed by atoms with E-state index in [9.17, 15) is 0 Å². The van der Waals surface area contributed by atoms with Gasteiger partial charge in [0.2, 0.25) is 0 Å². The van der Waals surface area contributed by atoms with Crippen LogP contribution in [-0.4, -0.2) is 25.2 Å². The predicted molar refractivity (Wildman–Crippen MR) is 81.6 cm³/mol. The van der Waals surface area contributed by atoms with Crippen molar-refractivity contribution in [2.75, 3.05) is 25.6 Å². The van der Waals surface area contributed by atoms with Crippen molar-refractivity contribution in [3.63, 3.8) is 0 Å². The van der Waals surface area contributed by atoms with Crippen LogP contribution in [-0.2, 0) is 10.3 Å². The minimum atomic E-state index is -0.345. The Morgan fingerprint density at radius 3 is 2.95 bits per heavy atom. The molecule has 0 saturated carbocycles. The maximum atomic E-state index is 6.10. The van der Waals surface area contributed by atoms with Gasteiger partial charge in [-0.3, -0.25) is 0 Å². The summed E-state index contributed by atoms with van der Waals surface area (Å²) in [6, 6.07) is 8.06. The highest BCUT2D eigenvalue weighted by molar-refractivity contribution is 7.16. The number of rotatable bonds is 4. The number of aromatic nitrogens is 1. The molecular weight excluding hydrogens is 272 g/mol. The summed E-state index contributed by atoms with van der Waals surface area (Å²) < 4.78 is 11.2. The van der Waals surface area contributed by atoms with Crippen molar-refractivity contribution < 1.29 is 9.47 Å². The monoisotopic (exact) mass is 290 g/mol. The zero-order chi connectivity index (χ0) is 14.2. The molecule has 0 amide bonds. The van der Waals surface area contributed by atoms with E-state index in [1.807, 2.05) is 18.2 Å². The molecule has 0 saturated heterocycles. The molecule has 4 nitrogen and oxygen atoms in total. The average molecular weight is 290 g/mol. The summed E-state index contributed by atoms with van der Waals surface area (Å²) >= 11 is 1.65. The Labute approximate surface area is 122 Å². The maximum absolute atomic E-state index is 6.10. The largest absolute Gasteiger partial charge is 0.482 e. The lowest BCUT2D eigenvalue weighted by molar-refractivity contribution is 0.109. The summed E-state index contributed by atoms with van der Waals surface area (Å²) in [6.45, 7) is 5.59. The van der Waals surface area contributed by atoms with E-state index in [0.29, 0.717) is 6.61 Å². The fraction of sp³-hybridized carbons (Fsp3) is 0.400. The molecule has 0 aliphatic carbocycles. The summed E-state index contributed by atoms with van der Waals surface area (Å²) in [6.07, 6.45) is 0. The van der Waals surface area contributed by atoms with E-state index in [4.69, 9.17) is 14.5 Å². The Morgan fingerprint density at radius 2 is 2.15 bits per heavy atom. The van der Waals surface area contributed by atoms with Crippen LogP contribution >= 0.6 is 11.3 Å². The summed E-state index contributed by atoms with van der Waals surface area (Å²) in [7, 11) is 1.70. The second kappa shape index (κ2) is 5.07. The van der Waals surface area contributed by atoms with E-state index in [0.717, 1.165) is 33.6 Å². The lowest BCUT2D eigenvalue weighted by Crippen LogP contribution is -2.27. The van der Waals surface area contributed by atoms with Crippen molar-refractivity contribution in [1.29, 1.82) is 0 Å². The first kappa shape index (κ1) is 13.4. The third kappa shape index (κ3) is 2.27. The van der Waals surface area contributed by atoms with Crippen LogP contribution in [0.2, 0.25) is 0 Å². The zero-order valence-electron chi connectivity index (χ0n) is 11.9. The normalized spacial score (nSPS) is 15.2. The van der Waals surface area contributed by atoms with Crippen LogP contribution < -0.4 is 10.1 Å². The van der Waals surface area contributed by atoms with Crippen LogP contribution in [0.25, 0.3) is 11.3 Å². The molecule has 1 N–H and O–H groups in total. The Kier molecular flexibility index (Phi) is 3.40. The Hall–Kier alpha value is -1.59. The van der Waals surface area contributed by atoms with Crippen LogP contribution in [0.5, 0.6) is 5.75 Å². The molecule has 2 heterocycles. The molecule has 2 aromatic rings. The quantitative estimate of drug-likeness (QED) is 0.875. The molecule has 20 heavy (non-hydrogen) atoms. The highest BCUT2D eigenvalue weighted by Gasteiger charge is 2.35. The third-order valence-corrected chi connectivity index (χ3v) is 4.58. The van der Waals surface area contributed by atoms with Crippen molar-refractivity contribution >= 4 is 16.5 Å². The van der Waals surface area contributed by atoms with E-state index in [1.165, 1.54) is 0 Å². The van der Waals surface area contributed by atoms with Gasteiger partial charge in [0.1, 0.15) is 11.4 Å². The number of para-hydroxylation sites is 1. The number of hydrogen-bond donors (Lipinski definition) is 1. The topological polar surface area (TPSA) is 43.4 Å². The maximum Gasteiger partial charge on any atom is 0.183 e. The number of fused-ring (bicyclic) bond motifs is 3. The molecule has 3 rings (SSSR count). The van der Waals surface area contributed by atoms with Gasteiger partial charge >= 0.3 is 0 Å². The molecule has 0 spiro atoms. The average Bonchev–Trinajstić information content (AvgIpc) is 2.84. The van der Waals surface area contributed by atoms with Crippen LogP contribution in [0.3, 0.4) is 0 Å². The molecule has 0 radical (unpaired) electrons. The summed E-state index contributed by atoms with van der Waals surface area (Å²) in [5.41, 5.74) is 1.75. The number of thiazole rings is 1. The lowest BCUT2D eigenvalue weighted by atomic mass is 9.97. The molecule has 106 valence electrons. The van der Waals surface area contributed by atoms with E-state index in [1.54, 1.807) is 18.4 Å². The van der Waals surface area contributed by atoms with Gasteiger partial charge in [0.05, 0.1) is 17.2 Å². The van der Waals surface area contributed by atoms with Crippen molar-refractivity contribution in [3.05, 3.63) is 29.1 Å². The molecule has 0 atom stereocenters. The van der Waals surface area contributed by atoms with Crippen LogP contribution in [0.4, 0.5) is 5.13 Å². The summed E-state index contributed by atoms with van der Waals surface area (Å²) in [5, 5.41) is 4.22. The molecule has 1 aliphatic heterocycles. The van der Waals surface area contributed by atoms with Crippen molar-refractivity contribution in [3.8, 4) is 17.0 Å². The van der Waals surface area contributed by atoms with Crippen LogP contribution in [0, 0.1) is 0 Å². The van der Waals surface area contributed by atoms with Gasteiger partial charge in [-0.25, -0.2) is 4.98 Å². The number of anilines is 1.